The van der Waals surface area contributed by atoms with Gasteiger partial charge >= 0.3 is 0 Å². The lowest BCUT2D eigenvalue weighted by Crippen LogP contribution is -2.34. The smallest absolute Gasteiger partial charge is 0.227 e. The Morgan fingerprint density at radius 2 is 2.00 bits per heavy atom. The molecule has 1 heterocycles. The van der Waals surface area contributed by atoms with Crippen LogP contribution in [0.5, 0.6) is 11.5 Å². The predicted molar refractivity (Wildman–Crippen MR) is 106 cm³/mol. The molecular formula is C22H24ClNO3. The van der Waals surface area contributed by atoms with Gasteiger partial charge < -0.3 is 14.4 Å². The SMILES string of the molecule is CN(C(=O)Cc1cc(Cl)c2c(c1)OCCCO2)C1CCCc2ccccc21. The van der Waals surface area contributed by atoms with Gasteiger partial charge in [-0.2, -0.15) is 0 Å². The van der Waals surface area contributed by atoms with Crippen molar-refractivity contribution in [3.8, 4) is 11.5 Å². The maximum absolute atomic E-state index is 13.0. The normalized spacial score (nSPS) is 18.4. The van der Waals surface area contributed by atoms with Crippen molar-refractivity contribution in [3.63, 3.8) is 0 Å². The summed E-state index contributed by atoms with van der Waals surface area (Å²) in [5.74, 6) is 1.30. The number of nitrogens with zero attached hydrogens (tertiary/aromatic N) is 1. The molecule has 0 saturated heterocycles. The van der Waals surface area contributed by atoms with Crippen LogP contribution in [0.2, 0.25) is 5.02 Å². The third-order valence-electron chi connectivity index (χ3n) is 5.42. The van der Waals surface area contributed by atoms with E-state index in [9.17, 15) is 4.79 Å². The van der Waals surface area contributed by atoms with Gasteiger partial charge in [0.05, 0.1) is 30.7 Å². The van der Waals surface area contributed by atoms with E-state index in [0.717, 1.165) is 31.2 Å². The Bertz CT molecular complexity index is 851. The van der Waals surface area contributed by atoms with E-state index in [0.29, 0.717) is 36.2 Å². The van der Waals surface area contributed by atoms with E-state index in [4.69, 9.17) is 21.1 Å². The molecule has 0 N–H and O–H groups in total. The first-order chi connectivity index (χ1) is 13.1. The number of fused-ring (bicyclic) bond motifs is 2. The number of ether oxygens (including phenoxy) is 2. The van der Waals surface area contributed by atoms with Crippen LogP contribution in [0, 0.1) is 0 Å². The second kappa shape index (κ2) is 7.81. The highest BCUT2D eigenvalue weighted by Crippen LogP contribution is 2.39. The van der Waals surface area contributed by atoms with Gasteiger partial charge in [0.1, 0.15) is 0 Å². The second-order valence-electron chi connectivity index (χ2n) is 7.24. The van der Waals surface area contributed by atoms with Crippen molar-refractivity contribution in [3.05, 3.63) is 58.1 Å². The van der Waals surface area contributed by atoms with Crippen molar-refractivity contribution in [1.82, 2.24) is 4.90 Å². The number of benzene rings is 2. The van der Waals surface area contributed by atoms with Crippen molar-refractivity contribution in [1.29, 1.82) is 0 Å². The topological polar surface area (TPSA) is 38.8 Å². The highest BCUT2D eigenvalue weighted by molar-refractivity contribution is 6.32. The first-order valence-corrected chi connectivity index (χ1v) is 9.93. The van der Waals surface area contributed by atoms with Gasteiger partial charge in [0.2, 0.25) is 5.91 Å². The lowest BCUT2D eigenvalue weighted by Gasteiger charge is -2.33. The van der Waals surface area contributed by atoms with E-state index in [-0.39, 0.29) is 11.9 Å². The number of halogens is 1. The van der Waals surface area contributed by atoms with Crippen LogP contribution in [0.25, 0.3) is 0 Å². The van der Waals surface area contributed by atoms with Gasteiger partial charge in [0.15, 0.2) is 11.5 Å². The van der Waals surface area contributed by atoms with Gasteiger partial charge in [-0.1, -0.05) is 35.9 Å². The zero-order chi connectivity index (χ0) is 18.8. The molecule has 4 nitrogen and oxygen atoms in total. The molecule has 1 aliphatic carbocycles. The number of likely N-dealkylation sites (N-methyl/N-ethyl adjacent to an activating group) is 1. The van der Waals surface area contributed by atoms with Crippen LogP contribution in [0.1, 0.15) is 42.0 Å². The summed E-state index contributed by atoms with van der Waals surface area (Å²) in [6.07, 6.45) is 4.32. The van der Waals surface area contributed by atoms with E-state index in [1.807, 2.05) is 24.1 Å². The van der Waals surface area contributed by atoms with Crippen LogP contribution in [-0.4, -0.2) is 31.1 Å². The number of aryl methyl sites for hydroxylation is 1. The molecule has 0 radical (unpaired) electrons. The average molecular weight is 386 g/mol. The van der Waals surface area contributed by atoms with Gasteiger partial charge in [-0.05, 0) is 48.1 Å². The molecule has 1 unspecified atom stereocenters. The Labute approximate surface area is 165 Å². The Morgan fingerprint density at radius 3 is 2.89 bits per heavy atom. The lowest BCUT2D eigenvalue weighted by atomic mass is 9.87. The highest BCUT2D eigenvalue weighted by Gasteiger charge is 2.27. The number of hydrogen-bond acceptors (Lipinski definition) is 3. The molecule has 0 aromatic heterocycles. The lowest BCUT2D eigenvalue weighted by molar-refractivity contribution is -0.131. The molecule has 0 bridgehead atoms. The molecule has 4 rings (SSSR count). The third-order valence-corrected chi connectivity index (χ3v) is 5.70. The van der Waals surface area contributed by atoms with Crippen molar-refractivity contribution in [2.45, 2.75) is 38.1 Å². The summed E-state index contributed by atoms with van der Waals surface area (Å²) in [6, 6.07) is 12.3. The fourth-order valence-electron chi connectivity index (χ4n) is 3.99. The van der Waals surface area contributed by atoms with Crippen LogP contribution in [0.4, 0.5) is 0 Å². The Hall–Kier alpha value is -2.20. The average Bonchev–Trinajstić information content (AvgIpc) is 2.93. The predicted octanol–water partition coefficient (Wildman–Crippen LogP) is 4.58. The van der Waals surface area contributed by atoms with Crippen molar-refractivity contribution >= 4 is 17.5 Å². The quantitative estimate of drug-likeness (QED) is 0.776. The van der Waals surface area contributed by atoms with Crippen molar-refractivity contribution in [2.24, 2.45) is 0 Å². The molecular weight excluding hydrogens is 362 g/mol. The summed E-state index contributed by atoms with van der Waals surface area (Å²) in [5, 5.41) is 0.503. The van der Waals surface area contributed by atoms with Crippen molar-refractivity contribution in [2.75, 3.05) is 20.3 Å². The van der Waals surface area contributed by atoms with Crippen molar-refractivity contribution < 1.29 is 14.3 Å². The van der Waals surface area contributed by atoms with Crippen LogP contribution in [0.3, 0.4) is 0 Å². The van der Waals surface area contributed by atoms with Gasteiger partial charge in [-0.3, -0.25) is 4.79 Å². The van der Waals surface area contributed by atoms with Gasteiger partial charge in [-0.25, -0.2) is 0 Å². The Kier molecular flexibility index (Phi) is 5.26. The van der Waals surface area contributed by atoms with E-state index in [1.54, 1.807) is 0 Å². The minimum Gasteiger partial charge on any atom is -0.489 e. The molecule has 5 heteroatoms. The molecule has 0 saturated carbocycles. The van der Waals surface area contributed by atoms with Gasteiger partial charge in [0.25, 0.3) is 0 Å². The molecule has 0 fully saturated rings. The summed E-state index contributed by atoms with van der Waals surface area (Å²) >= 11 is 6.37. The Balaban J connectivity index is 1.53. The zero-order valence-electron chi connectivity index (χ0n) is 15.5. The number of rotatable bonds is 3. The minimum absolute atomic E-state index is 0.0854. The number of carbonyl (C=O) groups excluding carboxylic acids is 1. The minimum atomic E-state index is 0.0854. The maximum Gasteiger partial charge on any atom is 0.227 e. The first kappa shape index (κ1) is 18.2. The fraction of sp³-hybridized carbons (Fsp3) is 0.409. The number of carbonyl (C=O) groups is 1. The molecule has 0 spiro atoms. The maximum atomic E-state index is 13.0. The van der Waals surface area contributed by atoms with E-state index < -0.39 is 0 Å². The molecule has 1 atom stereocenters. The van der Waals surface area contributed by atoms with Crippen LogP contribution < -0.4 is 9.47 Å². The second-order valence-corrected chi connectivity index (χ2v) is 7.65. The molecule has 2 aliphatic rings. The third kappa shape index (κ3) is 3.77. The summed E-state index contributed by atoms with van der Waals surface area (Å²) in [7, 11) is 1.90. The summed E-state index contributed by atoms with van der Waals surface area (Å²) in [6.45, 7) is 1.19. The molecule has 2 aromatic carbocycles. The molecule has 142 valence electrons. The van der Waals surface area contributed by atoms with Crippen LogP contribution in [0.15, 0.2) is 36.4 Å². The summed E-state index contributed by atoms with van der Waals surface area (Å²) < 4.78 is 11.4. The molecule has 2 aromatic rings. The van der Waals surface area contributed by atoms with Crippen LogP contribution in [-0.2, 0) is 17.6 Å². The fourth-order valence-corrected chi connectivity index (χ4v) is 4.28. The molecule has 27 heavy (non-hydrogen) atoms. The monoisotopic (exact) mass is 385 g/mol. The van der Waals surface area contributed by atoms with Gasteiger partial charge in [0, 0.05) is 13.5 Å². The highest BCUT2D eigenvalue weighted by atomic mass is 35.5. The van der Waals surface area contributed by atoms with E-state index in [1.165, 1.54) is 11.1 Å². The molecule has 1 amide bonds. The molecule has 1 aliphatic heterocycles. The summed E-state index contributed by atoms with van der Waals surface area (Å²) in [5.41, 5.74) is 3.48. The van der Waals surface area contributed by atoms with E-state index in [2.05, 4.69) is 24.3 Å². The zero-order valence-corrected chi connectivity index (χ0v) is 16.3. The van der Waals surface area contributed by atoms with E-state index >= 15 is 0 Å². The first-order valence-electron chi connectivity index (χ1n) is 9.55. The van der Waals surface area contributed by atoms with Gasteiger partial charge in [-0.15, -0.1) is 0 Å². The Morgan fingerprint density at radius 1 is 1.19 bits per heavy atom. The van der Waals surface area contributed by atoms with Crippen LogP contribution >= 0.6 is 11.6 Å². The standard InChI is InChI=1S/C22H24ClNO3/c1-24(19-9-4-7-16-6-2-3-8-17(16)19)21(25)14-15-12-18(23)22-20(13-15)26-10-5-11-27-22/h2-3,6,8,12-13,19H,4-5,7,9-11,14H2,1H3. The summed E-state index contributed by atoms with van der Waals surface area (Å²) in [4.78, 5) is 14.9. The number of amides is 1. The number of hydrogen-bond donors (Lipinski definition) is 0. The largest absolute Gasteiger partial charge is 0.489 e.